The summed E-state index contributed by atoms with van der Waals surface area (Å²) in [6.07, 6.45) is 3.63. The third kappa shape index (κ3) is 5.95. The number of likely N-dealkylation sites (tertiary alicyclic amines) is 1. The molecule has 3 heterocycles. The van der Waals surface area contributed by atoms with E-state index in [2.05, 4.69) is 0 Å². The van der Waals surface area contributed by atoms with Crippen LogP contribution in [0.2, 0.25) is 6.32 Å². The van der Waals surface area contributed by atoms with Gasteiger partial charge in [0.2, 0.25) is 11.8 Å². The number of phenolic OH excluding ortho intramolecular Hbond substituents is 1. The highest BCUT2D eigenvalue weighted by Crippen LogP contribution is 2.51. The van der Waals surface area contributed by atoms with Crippen molar-refractivity contribution in [1.29, 1.82) is 0 Å². The van der Waals surface area contributed by atoms with Crippen LogP contribution in [0.3, 0.4) is 0 Å². The Morgan fingerprint density at radius 1 is 1.10 bits per heavy atom. The lowest BCUT2D eigenvalue weighted by atomic mass is 9.58. The number of para-hydroxylation sites is 1. The molecule has 2 aliphatic heterocycles. The topological polar surface area (TPSA) is 96.3 Å². The van der Waals surface area contributed by atoms with Gasteiger partial charge in [-0.05, 0) is 90.8 Å². The normalized spacial score (nSPS) is 24.2. The fourth-order valence-corrected chi connectivity index (χ4v) is 7.39. The van der Waals surface area contributed by atoms with Crippen molar-refractivity contribution in [2.75, 3.05) is 6.61 Å². The second-order valence-corrected chi connectivity index (χ2v) is 12.4. The number of rotatable bonds is 9. The SMILES string of the molecule is C/C(=C\c1cccc(O)c1)CC[C@H]1OB(O)C[C@H]2C1=C(COc1ccccc1)C[C@H]1C(=O)N(Cc3cccs3)C(=O)[C@H]12. The van der Waals surface area contributed by atoms with Gasteiger partial charge in [-0.25, -0.2) is 0 Å². The van der Waals surface area contributed by atoms with E-state index in [0.717, 1.165) is 32.9 Å². The molecule has 2 N–H and O–H groups in total. The molecular formula is C33H34BNO6S. The number of allylic oxidation sites excluding steroid dienone is 1. The molecule has 1 aliphatic carbocycles. The fourth-order valence-electron chi connectivity index (χ4n) is 6.69. The van der Waals surface area contributed by atoms with Crippen LogP contribution in [0.1, 0.15) is 36.6 Å². The first-order chi connectivity index (χ1) is 20.4. The number of fused-ring (bicyclic) bond motifs is 3. The molecule has 7 nitrogen and oxygen atoms in total. The maximum absolute atomic E-state index is 13.8. The van der Waals surface area contributed by atoms with Crippen molar-refractivity contribution in [3.63, 3.8) is 0 Å². The molecule has 6 rings (SSSR count). The first-order valence-corrected chi connectivity index (χ1v) is 15.3. The summed E-state index contributed by atoms with van der Waals surface area (Å²) in [6, 6.07) is 20.5. The standard InChI is InChI=1S/C33H34BNO6S/c1-21(15-22-7-5-8-24(36)16-22)12-13-29-30-23(20-40-25-9-3-2-4-10-25)17-27-31(28(30)18-34(39)41-29)33(38)35(32(27)37)19-26-11-6-14-42-26/h2-11,14-16,27-29,31,36,39H,12-13,17-20H2,1H3/b21-15+/t27-,28+,29-,31-/m1/s1. The molecule has 0 spiro atoms. The van der Waals surface area contributed by atoms with Gasteiger partial charge < -0.3 is 19.5 Å². The van der Waals surface area contributed by atoms with E-state index >= 15 is 0 Å². The lowest BCUT2D eigenvalue weighted by Gasteiger charge is -2.43. The number of aromatic hydroxyl groups is 1. The molecule has 3 aromatic rings. The molecule has 2 amide bonds. The highest BCUT2D eigenvalue weighted by atomic mass is 32.1. The van der Waals surface area contributed by atoms with Crippen LogP contribution in [0, 0.1) is 17.8 Å². The predicted molar refractivity (Wildman–Crippen MR) is 163 cm³/mol. The molecule has 3 aliphatic rings. The number of carbonyl (C=O) groups excluding carboxylic acids is 2. The van der Waals surface area contributed by atoms with Crippen LogP contribution in [-0.4, -0.2) is 46.7 Å². The summed E-state index contributed by atoms with van der Waals surface area (Å²) in [4.78, 5) is 29.9. The van der Waals surface area contributed by atoms with Crippen molar-refractivity contribution >= 4 is 36.3 Å². The van der Waals surface area contributed by atoms with Crippen molar-refractivity contribution in [2.24, 2.45) is 17.8 Å². The summed E-state index contributed by atoms with van der Waals surface area (Å²) < 4.78 is 12.3. The molecule has 9 heteroatoms. The van der Waals surface area contributed by atoms with Gasteiger partial charge >= 0.3 is 7.12 Å². The molecule has 0 unspecified atom stereocenters. The van der Waals surface area contributed by atoms with Gasteiger partial charge in [-0.1, -0.05) is 48.0 Å². The number of phenols is 1. The molecule has 42 heavy (non-hydrogen) atoms. The van der Waals surface area contributed by atoms with E-state index < -0.39 is 25.1 Å². The van der Waals surface area contributed by atoms with E-state index in [1.807, 2.05) is 73.0 Å². The van der Waals surface area contributed by atoms with Gasteiger partial charge in [0.25, 0.3) is 0 Å². The Morgan fingerprint density at radius 3 is 2.69 bits per heavy atom. The second-order valence-electron chi connectivity index (χ2n) is 11.4. The number of thiophene rings is 1. The van der Waals surface area contributed by atoms with Crippen LogP contribution >= 0.6 is 11.3 Å². The number of ether oxygens (including phenoxy) is 1. The number of amides is 2. The third-order valence-electron chi connectivity index (χ3n) is 8.53. The second kappa shape index (κ2) is 12.3. The van der Waals surface area contributed by atoms with Crippen LogP contribution in [0.15, 0.2) is 88.8 Å². The van der Waals surface area contributed by atoms with E-state index in [4.69, 9.17) is 9.39 Å². The Labute approximate surface area is 250 Å². The summed E-state index contributed by atoms with van der Waals surface area (Å²) in [5, 5.41) is 22.6. The minimum Gasteiger partial charge on any atom is -0.508 e. The lowest BCUT2D eigenvalue weighted by Crippen LogP contribution is -2.46. The van der Waals surface area contributed by atoms with Crippen molar-refractivity contribution in [1.82, 2.24) is 4.90 Å². The summed E-state index contributed by atoms with van der Waals surface area (Å²) in [6.45, 7) is 2.61. The zero-order chi connectivity index (χ0) is 29.2. The molecular weight excluding hydrogens is 549 g/mol. The van der Waals surface area contributed by atoms with E-state index in [1.165, 1.54) is 16.2 Å². The molecule has 4 atom stereocenters. The van der Waals surface area contributed by atoms with Crippen molar-refractivity contribution in [3.8, 4) is 11.5 Å². The highest BCUT2D eigenvalue weighted by molar-refractivity contribution is 7.09. The summed E-state index contributed by atoms with van der Waals surface area (Å²) >= 11 is 1.53. The van der Waals surface area contributed by atoms with E-state index in [-0.39, 0.29) is 36.3 Å². The fraction of sp³-hybridized carbons (Fsp3) is 0.333. The Morgan fingerprint density at radius 2 is 1.93 bits per heavy atom. The molecule has 0 saturated carbocycles. The number of hydrogen-bond donors (Lipinski definition) is 2. The maximum Gasteiger partial charge on any atom is 0.455 e. The Kier molecular flexibility index (Phi) is 8.33. The lowest BCUT2D eigenvalue weighted by molar-refractivity contribution is -0.140. The summed E-state index contributed by atoms with van der Waals surface area (Å²) in [7, 11) is -1.02. The van der Waals surface area contributed by atoms with Crippen LogP contribution < -0.4 is 4.74 Å². The van der Waals surface area contributed by atoms with E-state index in [9.17, 15) is 19.7 Å². The van der Waals surface area contributed by atoms with Gasteiger partial charge in [-0.3, -0.25) is 14.5 Å². The Bertz CT molecular complexity index is 1500. The molecule has 2 fully saturated rings. The molecule has 1 aromatic heterocycles. The monoisotopic (exact) mass is 583 g/mol. The van der Waals surface area contributed by atoms with Gasteiger partial charge in [0, 0.05) is 4.88 Å². The summed E-state index contributed by atoms with van der Waals surface area (Å²) in [5.74, 6) is -0.639. The number of imide groups is 1. The van der Waals surface area contributed by atoms with Crippen LogP contribution in [0.5, 0.6) is 11.5 Å². The molecule has 2 saturated heterocycles. The number of nitrogens with zero attached hydrogens (tertiary/aromatic N) is 1. The van der Waals surface area contributed by atoms with Crippen molar-refractivity contribution < 1.29 is 29.1 Å². The zero-order valence-electron chi connectivity index (χ0n) is 23.5. The minimum atomic E-state index is -1.02. The molecule has 2 aromatic carbocycles. The van der Waals surface area contributed by atoms with E-state index in [0.29, 0.717) is 25.9 Å². The molecule has 0 radical (unpaired) electrons. The molecule has 216 valence electrons. The minimum absolute atomic E-state index is 0.142. The Balaban J connectivity index is 1.29. The van der Waals surface area contributed by atoms with Gasteiger partial charge in [-0.2, -0.15) is 0 Å². The largest absolute Gasteiger partial charge is 0.508 e. The van der Waals surface area contributed by atoms with E-state index in [1.54, 1.807) is 12.1 Å². The first-order valence-electron chi connectivity index (χ1n) is 14.4. The van der Waals surface area contributed by atoms with Gasteiger partial charge in [0.15, 0.2) is 0 Å². The van der Waals surface area contributed by atoms with Crippen molar-refractivity contribution in [3.05, 3.63) is 99.3 Å². The van der Waals surface area contributed by atoms with Crippen LogP contribution in [-0.2, 0) is 20.8 Å². The zero-order valence-corrected chi connectivity index (χ0v) is 24.3. The van der Waals surface area contributed by atoms with Gasteiger partial charge in [-0.15, -0.1) is 11.3 Å². The quantitative estimate of drug-likeness (QED) is 0.190. The number of hydrogen-bond acceptors (Lipinski definition) is 7. The number of carbonyl (C=O) groups is 2. The average Bonchev–Trinajstić information content (AvgIpc) is 3.58. The van der Waals surface area contributed by atoms with Crippen LogP contribution in [0.25, 0.3) is 6.08 Å². The van der Waals surface area contributed by atoms with Crippen LogP contribution in [0.4, 0.5) is 0 Å². The average molecular weight is 584 g/mol. The summed E-state index contributed by atoms with van der Waals surface area (Å²) in [5.41, 5.74) is 4.00. The maximum atomic E-state index is 13.8. The first kappa shape index (κ1) is 28.5. The highest BCUT2D eigenvalue weighted by Gasteiger charge is 2.57. The molecule has 0 bridgehead atoms. The van der Waals surface area contributed by atoms with Gasteiger partial charge in [0.05, 0.1) is 24.5 Å². The smallest absolute Gasteiger partial charge is 0.455 e. The predicted octanol–water partition coefficient (Wildman–Crippen LogP) is 5.71. The van der Waals surface area contributed by atoms with Crippen molar-refractivity contribution in [2.45, 2.75) is 45.2 Å². The third-order valence-corrected chi connectivity index (χ3v) is 9.39. The number of benzene rings is 2. The Hall–Kier alpha value is -3.66. The van der Waals surface area contributed by atoms with Gasteiger partial charge in [0.1, 0.15) is 18.1 Å².